The van der Waals surface area contributed by atoms with Crippen LogP contribution in [-0.4, -0.2) is 11.1 Å². The van der Waals surface area contributed by atoms with E-state index in [1.54, 1.807) is 19.9 Å². The van der Waals surface area contributed by atoms with Gasteiger partial charge in [0.25, 0.3) is 0 Å². The summed E-state index contributed by atoms with van der Waals surface area (Å²) in [6.45, 7) is 3.35. The van der Waals surface area contributed by atoms with E-state index in [0.29, 0.717) is 5.56 Å². The second-order valence-electron chi connectivity index (χ2n) is 3.30. The number of carboxylic acids is 1. The highest BCUT2D eigenvalue weighted by Gasteiger charge is 2.19. The van der Waals surface area contributed by atoms with Gasteiger partial charge < -0.3 is 10.8 Å². The lowest BCUT2D eigenvalue weighted by atomic mass is 10.0. The molecule has 0 spiro atoms. The van der Waals surface area contributed by atoms with Crippen molar-refractivity contribution in [3.63, 3.8) is 0 Å². The van der Waals surface area contributed by atoms with Crippen LogP contribution in [0.2, 0.25) is 0 Å². The Balaban J connectivity index is 3.26. The van der Waals surface area contributed by atoms with Gasteiger partial charge in [-0.25, -0.2) is 4.39 Å². The number of aryl methyl sites for hydroxylation is 2. The molecule has 0 aromatic heterocycles. The first-order chi connectivity index (χ1) is 6.43. The van der Waals surface area contributed by atoms with Gasteiger partial charge in [0.2, 0.25) is 0 Å². The first kappa shape index (κ1) is 10.7. The molecule has 0 bridgehead atoms. The lowest BCUT2D eigenvalue weighted by Crippen LogP contribution is -2.22. The fraction of sp³-hybridized carbons (Fsp3) is 0.300. The number of rotatable bonds is 2. The zero-order valence-electron chi connectivity index (χ0n) is 8.04. The SMILES string of the molecule is Cc1cc(C)c(F)c(C(N)C(=O)O)c1. The van der Waals surface area contributed by atoms with Crippen molar-refractivity contribution in [2.24, 2.45) is 5.73 Å². The summed E-state index contributed by atoms with van der Waals surface area (Å²) in [5.41, 5.74) is 6.59. The maximum atomic E-state index is 13.4. The van der Waals surface area contributed by atoms with Gasteiger partial charge >= 0.3 is 5.97 Å². The van der Waals surface area contributed by atoms with E-state index in [4.69, 9.17) is 10.8 Å². The zero-order chi connectivity index (χ0) is 10.9. The summed E-state index contributed by atoms with van der Waals surface area (Å²) in [5, 5.41) is 8.65. The van der Waals surface area contributed by atoms with Crippen molar-refractivity contribution in [1.29, 1.82) is 0 Å². The van der Waals surface area contributed by atoms with E-state index in [-0.39, 0.29) is 5.56 Å². The molecular formula is C10H12FNO2. The van der Waals surface area contributed by atoms with E-state index in [0.717, 1.165) is 5.56 Å². The third kappa shape index (κ3) is 1.90. The van der Waals surface area contributed by atoms with Crippen molar-refractivity contribution in [2.45, 2.75) is 19.9 Å². The predicted octanol–water partition coefficient (Wildman–Crippen LogP) is 1.53. The number of benzene rings is 1. The normalized spacial score (nSPS) is 12.6. The maximum Gasteiger partial charge on any atom is 0.325 e. The monoisotopic (exact) mass is 197 g/mol. The molecule has 0 radical (unpaired) electrons. The smallest absolute Gasteiger partial charge is 0.325 e. The molecule has 4 heteroatoms. The van der Waals surface area contributed by atoms with Crippen LogP contribution in [0.5, 0.6) is 0 Å². The van der Waals surface area contributed by atoms with Crippen molar-refractivity contribution in [2.75, 3.05) is 0 Å². The first-order valence-electron chi connectivity index (χ1n) is 4.18. The fourth-order valence-electron chi connectivity index (χ4n) is 1.34. The highest BCUT2D eigenvalue weighted by atomic mass is 19.1. The number of nitrogens with two attached hydrogens (primary N) is 1. The molecule has 0 saturated heterocycles. The number of aliphatic carboxylic acids is 1. The van der Waals surface area contributed by atoms with Crippen LogP contribution in [-0.2, 0) is 4.79 Å². The summed E-state index contributed by atoms with van der Waals surface area (Å²) in [6.07, 6.45) is 0. The van der Waals surface area contributed by atoms with Gasteiger partial charge in [0, 0.05) is 5.56 Å². The molecular weight excluding hydrogens is 185 g/mol. The molecule has 0 saturated carbocycles. The minimum Gasteiger partial charge on any atom is -0.480 e. The highest BCUT2D eigenvalue weighted by molar-refractivity contribution is 5.75. The molecule has 1 unspecified atom stereocenters. The fourth-order valence-corrected chi connectivity index (χ4v) is 1.34. The van der Waals surface area contributed by atoms with Crippen LogP contribution in [0.4, 0.5) is 4.39 Å². The molecule has 0 amide bonds. The van der Waals surface area contributed by atoms with Gasteiger partial charge in [-0.05, 0) is 19.4 Å². The zero-order valence-corrected chi connectivity index (χ0v) is 8.04. The van der Waals surface area contributed by atoms with Crippen LogP contribution in [0.25, 0.3) is 0 Å². The Morgan fingerprint density at radius 2 is 2.07 bits per heavy atom. The van der Waals surface area contributed by atoms with Crippen molar-refractivity contribution in [3.05, 3.63) is 34.6 Å². The van der Waals surface area contributed by atoms with E-state index in [1.165, 1.54) is 6.07 Å². The Morgan fingerprint density at radius 3 is 2.57 bits per heavy atom. The van der Waals surface area contributed by atoms with Gasteiger partial charge in [0.1, 0.15) is 11.9 Å². The molecule has 3 nitrogen and oxygen atoms in total. The maximum absolute atomic E-state index is 13.4. The average Bonchev–Trinajstić information content (AvgIpc) is 2.09. The lowest BCUT2D eigenvalue weighted by molar-refractivity contribution is -0.138. The third-order valence-corrected chi connectivity index (χ3v) is 2.03. The molecule has 0 fully saturated rings. The van der Waals surface area contributed by atoms with E-state index < -0.39 is 17.8 Å². The lowest BCUT2D eigenvalue weighted by Gasteiger charge is -2.10. The Morgan fingerprint density at radius 1 is 1.50 bits per heavy atom. The Bertz CT molecular complexity index is 377. The largest absolute Gasteiger partial charge is 0.480 e. The van der Waals surface area contributed by atoms with Gasteiger partial charge in [0.05, 0.1) is 0 Å². The van der Waals surface area contributed by atoms with Crippen LogP contribution in [0.15, 0.2) is 12.1 Å². The number of hydrogen-bond donors (Lipinski definition) is 2. The van der Waals surface area contributed by atoms with Crippen LogP contribution in [0.3, 0.4) is 0 Å². The number of hydrogen-bond acceptors (Lipinski definition) is 2. The van der Waals surface area contributed by atoms with Gasteiger partial charge in [0.15, 0.2) is 0 Å². The van der Waals surface area contributed by atoms with Crippen LogP contribution in [0.1, 0.15) is 22.7 Å². The minimum absolute atomic E-state index is 0.0370. The second kappa shape index (κ2) is 3.75. The predicted molar refractivity (Wildman–Crippen MR) is 50.4 cm³/mol. The van der Waals surface area contributed by atoms with Crippen molar-refractivity contribution in [3.8, 4) is 0 Å². The molecule has 14 heavy (non-hydrogen) atoms. The number of carboxylic acid groups (broad SMARTS) is 1. The third-order valence-electron chi connectivity index (χ3n) is 2.03. The quantitative estimate of drug-likeness (QED) is 0.755. The van der Waals surface area contributed by atoms with Gasteiger partial charge in [-0.3, -0.25) is 4.79 Å². The highest BCUT2D eigenvalue weighted by Crippen LogP contribution is 2.20. The summed E-state index contributed by atoms with van der Waals surface area (Å²) in [5.74, 6) is -1.76. The number of carbonyl (C=O) groups is 1. The Hall–Kier alpha value is -1.42. The average molecular weight is 197 g/mol. The summed E-state index contributed by atoms with van der Waals surface area (Å²) in [6, 6.07) is 1.81. The van der Waals surface area contributed by atoms with Crippen molar-refractivity contribution >= 4 is 5.97 Å². The van der Waals surface area contributed by atoms with Crippen LogP contribution >= 0.6 is 0 Å². The van der Waals surface area contributed by atoms with Gasteiger partial charge in [-0.1, -0.05) is 17.7 Å². The summed E-state index contributed by atoms with van der Waals surface area (Å²) in [4.78, 5) is 10.6. The molecule has 0 aliphatic carbocycles. The van der Waals surface area contributed by atoms with E-state index >= 15 is 0 Å². The molecule has 1 aromatic carbocycles. The van der Waals surface area contributed by atoms with Crippen LogP contribution in [0, 0.1) is 19.7 Å². The van der Waals surface area contributed by atoms with Gasteiger partial charge in [-0.2, -0.15) is 0 Å². The second-order valence-corrected chi connectivity index (χ2v) is 3.30. The molecule has 76 valence electrons. The van der Waals surface area contributed by atoms with Crippen LogP contribution < -0.4 is 5.73 Å². The molecule has 0 heterocycles. The van der Waals surface area contributed by atoms with E-state index in [9.17, 15) is 9.18 Å². The Kier molecular flexibility index (Phi) is 2.86. The standard InChI is InChI=1S/C10H12FNO2/c1-5-3-6(2)8(11)7(4-5)9(12)10(13)14/h3-4,9H,12H2,1-2H3,(H,13,14). The summed E-state index contributed by atoms with van der Waals surface area (Å²) >= 11 is 0. The molecule has 3 N–H and O–H groups in total. The van der Waals surface area contributed by atoms with E-state index in [1.807, 2.05) is 0 Å². The van der Waals surface area contributed by atoms with E-state index in [2.05, 4.69) is 0 Å². The molecule has 0 aliphatic heterocycles. The van der Waals surface area contributed by atoms with Gasteiger partial charge in [-0.15, -0.1) is 0 Å². The Labute approximate surface area is 81.4 Å². The summed E-state index contributed by atoms with van der Waals surface area (Å²) < 4.78 is 13.4. The van der Waals surface area contributed by atoms with Crippen molar-refractivity contribution < 1.29 is 14.3 Å². The first-order valence-corrected chi connectivity index (χ1v) is 4.18. The summed E-state index contributed by atoms with van der Waals surface area (Å²) in [7, 11) is 0. The molecule has 1 aromatic rings. The molecule has 1 rings (SSSR count). The molecule has 0 aliphatic rings. The topological polar surface area (TPSA) is 63.3 Å². The van der Waals surface area contributed by atoms with Crippen molar-refractivity contribution in [1.82, 2.24) is 0 Å². The number of halogens is 1. The minimum atomic E-state index is -1.30. The molecule has 1 atom stereocenters.